The first-order valence-corrected chi connectivity index (χ1v) is 38.0. The summed E-state index contributed by atoms with van der Waals surface area (Å²) in [4.78, 5) is 81.3. The van der Waals surface area contributed by atoms with Crippen molar-refractivity contribution in [1.82, 2.24) is 31.2 Å². The van der Waals surface area contributed by atoms with Crippen LogP contribution in [0.15, 0.2) is 46.9 Å². The van der Waals surface area contributed by atoms with Gasteiger partial charge < -0.3 is 109 Å². The van der Waals surface area contributed by atoms with Crippen molar-refractivity contribution in [2.24, 2.45) is 27.6 Å². The Morgan fingerprint density at radius 2 is 0.630 bits per heavy atom. The molecule has 0 fully saturated rings. The van der Waals surface area contributed by atoms with Gasteiger partial charge in [0.15, 0.2) is 0 Å². The van der Waals surface area contributed by atoms with Crippen LogP contribution in [-0.4, -0.2) is 293 Å². The minimum atomic E-state index is -0.800. The van der Waals surface area contributed by atoms with Gasteiger partial charge in [0.2, 0.25) is 23.6 Å². The van der Waals surface area contributed by atoms with E-state index in [0.29, 0.717) is 265 Å². The first-order chi connectivity index (χ1) is 52.5. The number of unbranched alkanes of at least 4 members (excludes halogenated alkanes) is 3. The molecule has 0 spiro atoms. The van der Waals surface area contributed by atoms with Gasteiger partial charge in [-0.1, -0.05) is 27.2 Å². The number of carbonyl (C=O) groups is 6. The van der Waals surface area contributed by atoms with Gasteiger partial charge in [-0.2, -0.15) is 10.2 Å². The summed E-state index contributed by atoms with van der Waals surface area (Å²) >= 11 is 0. The Kier molecular flexibility index (Phi) is 67.4. The van der Waals surface area contributed by atoms with E-state index in [2.05, 4.69) is 73.1 Å². The Bertz CT molecular complexity index is 2580. The lowest BCUT2D eigenvalue weighted by molar-refractivity contribution is -0.128. The van der Waals surface area contributed by atoms with Gasteiger partial charge in [0, 0.05) is 63.0 Å². The molecule has 108 heavy (non-hydrogen) atoms. The SMILES string of the molecule is CC(C)=NNc1ccc(C(=O)NCCCC[C@H](NC(=O)CCOCCOCCOCCOCCOCCOCCOCCOCCCC(C)C)C(N)=O)cn1.CCCCOCCOCCOCCOCCOCCOCCOCCOCCC(=O)N[C@@H](CCCCNC(=O)c1ccc(NN=C(C)C)nc1)C(N)=O. The van der Waals surface area contributed by atoms with Gasteiger partial charge in [-0.25, -0.2) is 9.97 Å². The molecule has 2 rings (SSSR count). The van der Waals surface area contributed by atoms with Crippen molar-refractivity contribution in [2.75, 3.05) is 235 Å². The Labute approximate surface area is 640 Å². The quantitative estimate of drug-likeness (QED) is 0.0250. The van der Waals surface area contributed by atoms with Crippen molar-refractivity contribution in [3.05, 3.63) is 47.8 Å². The Morgan fingerprint density at radius 3 is 0.870 bits per heavy atom. The maximum atomic E-state index is 12.3. The molecule has 10 N–H and O–H groups in total. The molecule has 2 aromatic rings. The molecular formula is C74H132N12O22. The van der Waals surface area contributed by atoms with Crippen molar-refractivity contribution < 1.29 is 105 Å². The van der Waals surface area contributed by atoms with Gasteiger partial charge in [-0.05, 0) is 116 Å². The van der Waals surface area contributed by atoms with Gasteiger partial charge >= 0.3 is 0 Å². The number of anilines is 2. The van der Waals surface area contributed by atoms with Crippen LogP contribution in [0.5, 0.6) is 0 Å². The molecule has 0 saturated heterocycles. The summed E-state index contributed by atoms with van der Waals surface area (Å²) in [5.74, 6) is -0.623. The molecule has 0 aromatic carbocycles. The second kappa shape index (κ2) is 73.2. The minimum Gasteiger partial charge on any atom is -0.379 e. The predicted octanol–water partition coefficient (Wildman–Crippen LogP) is 4.80. The zero-order valence-electron chi connectivity index (χ0n) is 65.6. The van der Waals surface area contributed by atoms with Crippen LogP contribution in [0, 0.1) is 5.92 Å². The van der Waals surface area contributed by atoms with Gasteiger partial charge in [-0.15, -0.1) is 0 Å². The third-order valence-electron chi connectivity index (χ3n) is 14.5. The molecular weight excluding hydrogens is 1410 g/mol. The number of primary amides is 2. The van der Waals surface area contributed by atoms with Gasteiger partial charge in [-0.3, -0.25) is 39.6 Å². The van der Waals surface area contributed by atoms with E-state index in [-0.39, 0.29) is 49.7 Å². The number of amides is 6. The number of nitrogens with two attached hydrogens (primary N) is 2. The highest BCUT2D eigenvalue weighted by Crippen LogP contribution is 2.09. The largest absolute Gasteiger partial charge is 0.379 e. The molecule has 0 bridgehead atoms. The first-order valence-electron chi connectivity index (χ1n) is 38.0. The van der Waals surface area contributed by atoms with Crippen LogP contribution in [0.3, 0.4) is 0 Å². The van der Waals surface area contributed by atoms with Crippen molar-refractivity contribution >= 4 is 58.5 Å². The fraction of sp³-hybridized carbons (Fsp3) is 0.757. The van der Waals surface area contributed by atoms with Crippen molar-refractivity contribution in [3.63, 3.8) is 0 Å². The van der Waals surface area contributed by atoms with E-state index in [0.717, 1.165) is 43.9 Å². The summed E-state index contributed by atoms with van der Waals surface area (Å²) in [6, 6.07) is 5.05. The molecule has 0 unspecified atom stereocenters. The standard InChI is InChI=1S/C38H68N6O11.C36H64N6O11/c1-31(2)8-7-14-48-16-18-50-20-22-52-24-26-54-28-29-55-27-25-53-23-21-51-19-17-49-15-12-36(45)42-34(37(39)46)9-5-6-13-40-38(47)33-10-11-35(41-30-33)44-43-32(3)4;1-4-5-13-46-15-17-48-19-21-50-23-25-52-27-28-53-26-24-51-22-20-49-18-16-47-14-11-34(43)40-32(35(37)44)8-6-7-12-38-36(45)31-9-10-33(39-29-31)42-41-30(2)3/h10-11,30-31,34H,5-9,12-29H2,1-4H3,(H2,39,46)(H,40,47)(H,41,44)(H,42,45);9-10,29,32H,4-8,11-28H2,1-3H3,(H2,37,44)(H,38,45)(H,39,42)(H,40,43)/t34-;32-/m00/s1. The molecule has 34 heteroatoms. The fourth-order valence-corrected chi connectivity index (χ4v) is 8.64. The molecule has 620 valence electrons. The van der Waals surface area contributed by atoms with Gasteiger partial charge in [0.05, 0.1) is 209 Å². The molecule has 0 aliphatic carbocycles. The average Bonchev–Trinajstić information content (AvgIpc) is 0.908. The fourth-order valence-electron chi connectivity index (χ4n) is 8.64. The molecule has 6 amide bonds. The number of hydrazone groups is 2. The van der Waals surface area contributed by atoms with Crippen LogP contribution in [-0.2, 0) is 95.0 Å². The predicted molar refractivity (Wildman–Crippen MR) is 409 cm³/mol. The van der Waals surface area contributed by atoms with E-state index in [4.69, 9.17) is 87.3 Å². The Balaban J connectivity index is 0.00000108. The Morgan fingerprint density at radius 1 is 0.361 bits per heavy atom. The number of rotatable bonds is 75. The molecule has 2 heterocycles. The summed E-state index contributed by atoms with van der Waals surface area (Å²) in [7, 11) is 0. The van der Waals surface area contributed by atoms with E-state index in [9.17, 15) is 28.8 Å². The molecule has 34 nitrogen and oxygen atoms in total. The zero-order valence-corrected chi connectivity index (χ0v) is 65.6. The van der Waals surface area contributed by atoms with E-state index >= 15 is 0 Å². The topological polar surface area (TPSA) is 425 Å². The average molecular weight is 1540 g/mol. The summed E-state index contributed by atoms with van der Waals surface area (Å²) in [6.45, 7) is 30.0. The van der Waals surface area contributed by atoms with Crippen LogP contribution in [0.25, 0.3) is 0 Å². The smallest absolute Gasteiger partial charge is 0.252 e. The molecule has 2 aromatic heterocycles. The number of nitrogens with one attached hydrogen (secondary N) is 6. The summed E-state index contributed by atoms with van der Waals surface area (Å²) in [5.41, 5.74) is 19.1. The highest BCUT2D eigenvalue weighted by atomic mass is 16.6. The number of nitrogens with zero attached hydrogens (tertiary/aromatic N) is 4. The van der Waals surface area contributed by atoms with Gasteiger partial charge in [0.25, 0.3) is 11.8 Å². The third kappa shape index (κ3) is 65.3. The van der Waals surface area contributed by atoms with E-state index in [1.165, 1.54) is 18.8 Å². The number of carbonyl (C=O) groups excluding carboxylic acids is 6. The van der Waals surface area contributed by atoms with E-state index < -0.39 is 23.9 Å². The third-order valence-corrected chi connectivity index (χ3v) is 14.5. The van der Waals surface area contributed by atoms with Crippen LogP contribution in [0.4, 0.5) is 11.6 Å². The number of ether oxygens (including phenoxy) is 16. The van der Waals surface area contributed by atoms with Gasteiger partial charge in [0.1, 0.15) is 23.7 Å². The van der Waals surface area contributed by atoms with Crippen LogP contribution in [0.2, 0.25) is 0 Å². The second-order valence-corrected chi connectivity index (χ2v) is 24.9. The second-order valence-electron chi connectivity index (χ2n) is 24.9. The maximum absolute atomic E-state index is 12.3. The normalized spacial score (nSPS) is 11.7. The Hall–Kier alpha value is -6.58. The molecule has 0 radical (unpaired) electrons. The number of aromatic nitrogens is 2. The van der Waals surface area contributed by atoms with Crippen molar-refractivity contribution in [2.45, 2.75) is 138 Å². The minimum absolute atomic E-state index is 0.0828. The number of hydrogen-bond acceptors (Lipinski definition) is 28. The lowest BCUT2D eigenvalue weighted by Gasteiger charge is -2.15. The molecule has 0 aliphatic heterocycles. The highest BCUT2D eigenvalue weighted by molar-refractivity contribution is 5.94. The molecule has 0 saturated carbocycles. The summed E-state index contributed by atoms with van der Waals surface area (Å²) in [5, 5.41) is 19.1. The number of pyridine rings is 2. The van der Waals surface area contributed by atoms with E-state index in [1.807, 2.05) is 27.7 Å². The summed E-state index contributed by atoms with van der Waals surface area (Å²) < 4.78 is 87.5. The van der Waals surface area contributed by atoms with Crippen LogP contribution >= 0.6 is 0 Å². The number of hydrogen-bond donors (Lipinski definition) is 8. The first kappa shape index (κ1) is 99.4. The lowest BCUT2D eigenvalue weighted by atomic mass is 10.1. The van der Waals surface area contributed by atoms with Crippen LogP contribution < -0.4 is 43.6 Å². The highest BCUT2D eigenvalue weighted by Gasteiger charge is 2.20. The molecule has 2 atom stereocenters. The summed E-state index contributed by atoms with van der Waals surface area (Å²) in [6.07, 6.45) is 10.7. The monoisotopic (exact) mass is 1540 g/mol. The maximum Gasteiger partial charge on any atom is 0.252 e. The van der Waals surface area contributed by atoms with Crippen molar-refractivity contribution in [3.8, 4) is 0 Å². The van der Waals surface area contributed by atoms with Crippen LogP contribution in [0.1, 0.15) is 146 Å². The molecule has 0 aliphatic rings. The lowest BCUT2D eigenvalue weighted by Crippen LogP contribution is -2.44. The van der Waals surface area contributed by atoms with Crippen molar-refractivity contribution in [1.29, 1.82) is 0 Å². The zero-order chi connectivity index (χ0) is 78.8. The van der Waals surface area contributed by atoms with E-state index in [1.54, 1.807) is 24.3 Å².